The molecule has 0 unspecified atom stereocenters. The number of para-hydroxylation sites is 1. The maximum Gasteiger partial charge on any atom is 0.339 e. The summed E-state index contributed by atoms with van der Waals surface area (Å²) in [7, 11) is 0. The molecule has 0 amide bonds. The van der Waals surface area contributed by atoms with Crippen molar-refractivity contribution in [3.8, 4) is 11.5 Å². The molecule has 1 N–H and O–H groups in total. The molecule has 1 heterocycles. The lowest BCUT2D eigenvalue weighted by Gasteiger charge is -2.32. The summed E-state index contributed by atoms with van der Waals surface area (Å²) >= 11 is 3.49. The van der Waals surface area contributed by atoms with E-state index in [1.54, 1.807) is 0 Å². The van der Waals surface area contributed by atoms with Crippen LogP contribution in [0.1, 0.15) is 69.7 Å². The molecule has 0 aliphatic carbocycles. The molecule has 1 aliphatic rings. The summed E-state index contributed by atoms with van der Waals surface area (Å²) in [5, 5.41) is 11.0. The maximum atomic E-state index is 12.5. The van der Waals surface area contributed by atoms with Crippen LogP contribution < -0.4 is 4.74 Å². The number of carbonyl (C=O) groups is 1. The number of esters is 1. The van der Waals surface area contributed by atoms with Crippen LogP contribution in [-0.4, -0.2) is 11.1 Å². The van der Waals surface area contributed by atoms with Crippen molar-refractivity contribution in [3.63, 3.8) is 0 Å². The van der Waals surface area contributed by atoms with Crippen molar-refractivity contribution in [1.82, 2.24) is 0 Å². The number of rotatable bonds is 1. The fraction of sp³-hybridized carbons (Fsp3) is 0.375. The Hall–Kier alpha value is -2.07. The Morgan fingerprint density at radius 3 is 2.07 bits per heavy atom. The SMILES string of the molecule is C=C1C(=O)Oc2c(Br)cccc2[C@@H]1c1cc(C(C)(C)C)c(O)c(C(C)(C)C)c1. The Bertz CT molecular complexity index is 939. The van der Waals surface area contributed by atoms with E-state index in [0.29, 0.717) is 17.1 Å². The average molecular weight is 443 g/mol. The van der Waals surface area contributed by atoms with Gasteiger partial charge in [0.2, 0.25) is 0 Å². The molecule has 0 radical (unpaired) electrons. The Kier molecular flexibility index (Phi) is 4.99. The standard InChI is InChI=1S/C24H27BrO3/c1-13-19(15-9-8-10-18(25)21(15)28-22(13)27)14-11-16(23(2,3)4)20(26)17(12-14)24(5,6)7/h8-12,19,26H,1H2,2-7H3/t19-/m0/s1. The molecule has 2 aromatic rings. The number of fused-ring (bicyclic) bond motifs is 1. The minimum Gasteiger partial charge on any atom is -0.507 e. The van der Waals surface area contributed by atoms with E-state index in [2.05, 4.69) is 64.1 Å². The number of ether oxygens (including phenoxy) is 1. The van der Waals surface area contributed by atoms with Crippen molar-refractivity contribution >= 4 is 21.9 Å². The van der Waals surface area contributed by atoms with Crippen LogP contribution in [0.3, 0.4) is 0 Å². The third kappa shape index (κ3) is 3.50. The summed E-state index contributed by atoms with van der Waals surface area (Å²) in [6.45, 7) is 16.5. The van der Waals surface area contributed by atoms with Crippen LogP contribution in [0.2, 0.25) is 0 Å². The Balaban J connectivity index is 2.34. The Morgan fingerprint density at radius 1 is 1.04 bits per heavy atom. The minimum absolute atomic E-state index is 0.253. The molecule has 0 fully saturated rings. The highest BCUT2D eigenvalue weighted by molar-refractivity contribution is 9.10. The van der Waals surface area contributed by atoms with Gasteiger partial charge >= 0.3 is 5.97 Å². The molecule has 0 bridgehead atoms. The first-order valence-electron chi connectivity index (χ1n) is 9.39. The molecule has 1 atom stereocenters. The lowest BCUT2D eigenvalue weighted by molar-refractivity contribution is -0.131. The number of aromatic hydroxyl groups is 1. The zero-order chi connectivity index (χ0) is 21.0. The molecule has 0 saturated heterocycles. The molecule has 2 aromatic carbocycles. The molecule has 148 valence electrons. The maximum absolute atomic E-state index is 12.5. The van der Waals surface area contributed by atoms with Gasteiger partial charge in [0, 0.05) is 17.1 Å². The van der Waals surface area contributed by atoms with Gasteiger partial charge in [-0.2, -0.15) is 0 Å². The van der Waals surface area contributed by atoms with Crippen LogP contribution in [0.4, 0.5) is 0 Å². The van der Waals surface area contributed by atoms with Crippen LogP contribution in [0, 0.1) is 0 Å². The number of phenols is 1. The van der Waals surface area contributed by atoms with E-state index in [-0.39, 0.29) is 16.7 Å². The van der Waals surface area contributed by atoms with Crippen LogP contribution in [-0.2, 0) is 15.6 Å². The van der Waals surface area contributed by atoms with Crippen LogP contribution in [0.15, 0.2) is 47.0 Å². The summed E-state index contributed by atoms with van der Waals surface area (Å²) < 4.78 is 6.25. The number of halogens is 1. The van der Waals surface area contributed by atoms with Crippen LogP contribution in [0.5, 0.6) is 11.5 Å². The molecule has 1 aliphatic heterocycles. The van der Waals surface area contributed by atoms with E-state index in [1.807, 2.05) is 30.3 Å². The van der Waals surface area contributed by atoms with Gasteiger partial charge in [0.1, 0.15) is 11.5 Å². The summed E-state index contributed by atoms with van der Waals surface area (Å²) in [5.41, 5.74) is 3.44. The molecule has 0 aromatic heterocycles. The minimum atomic E-state index is -0.424. The van der Waals surface area contributed by atoms with Crippen molar-refractivity contribution in [2.75, 3.05) is 0 Å². The molecule has 3 rings (SSSR count). The van der Waals surface area contributed by atoms with Gasteiger partial charge in [-0.15, -0.1) is 0 Å². The van der Waals surface area contributed by atoms with Gasteiger partial charge in [-0.25, -0.2) is 4.79 Å². The average Bonchev–Trinajstić information content (AvgIpc) is 2.55. The third-order valence-electron chi connectivity index (χ3n) is 5.20. The summed E-state index contributed by atoms with van der Waals surface area (Å²) in [5.74, 6) is 0.110. The Labute approximate surface area is 175 Å². The van der Waals surface area contributed by atoms with Gasteiger partial charge in [-0.3, -0.25) is 0 Å². The van der Waals surface area contributed by atoms with Gasteiger partial charge in [0.25, 0.3) is 0 Å². The van der Waals surface area contributed by atoms with E-state index in [1.165, 1.54) is 0 Å². The summed E-state index contributed by atoms with van der Waals surface area (Å²) in [6.07, 6.45) is 0. The van der Waals surface area contributed by atoms with Gasteiger partial charge < -0.3 is 9.84 Å². The second-order valence-corrected chi connectivity index (χ2v) is 10.3. The van der Waals surface area contributed by atoms with Crippen molar-refractivity contribution in [1.29, 1.82) is 0 Å². The zero-order valence-corrected chi connectivity index (χ0v) is 18.9. The predicted octanol–water partition coefficient (Wildman–Crippen LogP) is 6.36. The quantitative estimate of drug-likeness (QED) is 0.317. The zero-order valence-electron chi connectivity index (χ0n) is 17.3. The second-order valence-electron chi connectivity index (χ2n) is 9.47. The van der Waals surface area contributed by atoms with Gasteiger partial charge in [0.05, 0.1) is 4.47 Å². The van der Waals surface area contributed by atoms with Gasteiger partial charge in [-0.05, 0) is 49.5 Å². The van der Waals surface area contributed by atoms with Gasteiger partial charge in [-0.1, -0.05) is 72.4 Å². The largest absolute Gasteiger partial charge is 0.507 e. The monoisotopic (exact) mass is 442 g/mol. The number of hydrogen-bond donors (Lipinski definition) is 1. The smallest absolute Gasteiger partial charge is 0.339 e. The topological polar surface area (TPSA) is 46.5 Å². The lowest BCUT2D eigenvalue weighted by Crippen LogP contribution is -2.25. The number of phenolic OH excluding ortho intramolecular Hbond substituents is 1. The normalized spacial score (nSPS) is 17.3. The van der Waals surface area contributed by atoms with Crippen molar-refractivity contribution in [2.24, 2.45) is 0 Å². The predicted molar refractivity (Wildman–Crippen MR) is 116 cm³/mol. The van der Waals surface area contributed by atoms with E-state index in [9.17, 15) is 9.90 Å². The first-order chi connectivity index (χ1) is 12.8. The number of carbonyl (C=O) groups excluding carboxylic acids is 1. The summed E-state index contributed by atoms with van der Waals surface area (Å²) in [4.78, 5) is 12.5. The third-order valence-corrected chi connectivity index (χ3v) is 5.82. The second kappa shape index (κ2) is 6.77. The molecule has 4 heteroatoms. The molecule has 0 saturated carbocycles. The summed E-state index contributed by atoms with van der Waals surface area (Å²) in [6, 6.07) is 9.75. The van der Waals surface area contributed by atoms with Crippen molar-refractivity contribution in [3.05, 3.63) is 69.2 Å². The van der Waals surface area contributed by atoms with Crippen LogP contribution >= 0.6 is 15.9 Å². The lowest BCUT2D eigenvalue weighted by atomic mass is 9.74. The highest BCUT2D eigenvalue weighted by Crippen LogP contribution is 2.48. The van der Waals surface area contributed by atoms with Crippen molar-refractivity contribution < 1.29 is 14.6 Å². The van der Waals surface area contributed by atoms with Crippen molar-refractivity contribution in [2.45, 2.75) is 58.3 Å². The molecule has 0 spiro atoms. The van der Waals surface area contributed by atoms with Crippen LogP contribution in [0.25, 0.3) is 0 Å². The number of benzene rings is 2. The van der Waals surface area contributed by atoms with Gasteiger partial charge in [0.15, 0.2) is 0 Å². The van der Waals surface area contributed by atoms with E-state index in [0.717, 1.165) is 26.7 Å². The van der Waals surface area contributed by atoms with E-state index >= 15 is 0 Å². The fourth-order valence-electron chi connectivity index (χ4n) is 3.67. The molecule has 3 nitrogen and oxygen atoms in total. The highest BCUT2D eigenvalue weighted by atomic mass is 79.9. The fourth-order valence-corrected chi connectivity index (χ4v) is 4.13. The van der Waals surface area contributed by atoms with E-state index in [4.69, 9.17) is 4.74 Å². The highest BCUT2D eigenvalue weighted by Gasteiger charge is 2.36. The molecular formula is C24H27BrO3. The first kappa shape index (κ1) is 20.7. The van der Waals surface area contributed by atoms with E-state index < -0.39 is 5.97 Å². The molecular weight excluding hydrogens is 416 g/mol. The molecule has 28 heavy (non-hydrogen) atoms. The Morgan fingerprint density at radius 2 is 1.57 bits per heavy atom. The first-order valence-corrected chi connectivity index (χ1v) is 10.2. The number of hydrogen-bond acceptors (Lipinski definition) is 3.